The van der Waals surface area contributed by atoms with Gasteiger partial charge in [-0.05, 0) is 46.7 Å². The van der Waals surface area contributed by atoms with Crippen molar-refractivity contribution in [1.29, 1.82) is 0 Å². The molecule has 0 bridgehead atoms. The molecule has 28 heavy (non-hydrogen) atoms. The van der Waals surface area contributed by atoms with Crippen LogP contribution in [0.2, 0.25) is 0 Å². The van der Waals surface area contributed by atoms with E-state index in [0.717, 1.165) is 30.8 Å². The molecule has 2 amide bonds. The third-order valence-corrected chi connectivity index (χ3v) is 5.45. The highest BCUT2D eigenvalue weighted by Crippen LogP contribution is 2.33. The molecule has 3 aliphatic heterocycles. The second-order valence-corrected chi connectivity index (χ2v) is 8.58. The number of hydrogen-bond acceptors (Lipinski definition) is 5. The van der Waals surface area contributed by atoms with Gasteiger partial charge in [-0.3, -0.25) is 14.6 Å². The Morgan fingerprint density at radius 3 is 2.07 bits per heavy atom. The van der Waals surface area contributed by atoms with Crippen LogP contribution in [-0.2, 0) is 14.3 Å². The van der Waals surface area contributed by atoms with Crippen LogP contribution in [0.1, 0.15) is 33.6 Å². The number of carbonyl (C=O) groups excluding carboxylic acids is 2. The lowest BCUT2D eigenvalue weighted by atomic mass is 9.91. The Balaban J connectivity index is 1.89. The molecule has 0 aromatic carbocycles. The number of hydrogen-bond donors (Lipinski definition) is 0. The van der Waals surface area contributed by atoms with Gasteiger partial charge in [-0.1, -0.05) is 0 Å². The van der Waals surface area contributed by atoms with Crippen LogP contribution in [-0.4, -0.2) is 96.0 Å². The van der Waals surface area contributed by atoms with Crippen molar-refractivity contribution in [3.63, 3.8) is 0 Å². The second-order valence-electron chi connectivity index (χ2n) is 8.58. The molecule has 3 rings (SSSR count). The minimum Gasteiger partial charge on any atom is -0.444 e. The Bertz CT molecular complexity index is 602. The quantitative estimate of drug-likeness (QED) is 0.664. The van der Waals surface area contributed by atoms with Gasteiger partial charge in [-0.25, -0.2) is 4.79 Å². The standard InChI is InChI=1S/C18H28F3N3O4/c1-17(2,3)28-16(26)23-8-9-24(15(25)18(19,20)21)14-12(10-27-11-13(14)23)22-6-4-5-7-22/h12-14H,4-11H2,1-3H3/t12?,13-,14-/m1/s1. The molecule has 0 spiro atoms. The van der Waals surface area contributed by atoms with Gasteiger partial charge in [0.2, 0.25) is 0 Å². The molecule has 10 heteroatoms. The molecule has 0 aliphatic carbocycles. The summed E-state index contributed by atoms with van der Waals surface area (Å²) in [6.45, 7) is 6.82. The molecule has 0 N–H and O–H groups in total. The minimum atomic E-state index is -4.95. The fraction of sp³-hybridized carbons (Fsp3) is 0.889. The maximum absolute atomic E-state index is 13.2. The van der Waals surface area contributed by atoms with Gasteiger partial charge in [0.05, 0.1) is 31.3 Å². The molecule has 0 aromatic rings. The van der Waals surface area contributed by atoms with E-state index in [1.165, 1.54) is 4.90 Å². The smallest absolute Gasteiger partial charge is 0.444 e. The molecule has 1 unspecified atom stereocenters. The zero-order chi connectivity index (χ0) is 20.7. The number of alkyl halides is 3. The topological polar surface area (TPSA) is 62.3 Å². The number of ether oxygens (including phenoxy) is 2. The summed E-state index contributed by atoms with van der Waals surface area (Å²) >= 11 is 0. The Kier molecular flexibility index (Phi) is 5.82. The van der Waals surface area contributed by atoms with Crippen molar-refractivity contribution in [2.75, 3.05) is 39.4 Å². The van der Waals surface area contributed by atoms with Crippen molar-refractivity contribution in [2.45, 2.75) is 63.5 Å². The largest absolute Gasteiger partial charge is 0.471 e. The maximum atomic E-state index is 13.2. The summed E-state index contributed by atoms with van der Waals surface area (Å²) in [5, 5.41) is 0. The van der Waals surface area contributed by atoms with Crippen LogP contribution in [0.25, 0.3) is 0 Å². The maximum Gasteiger partial charge on any atom is 0.471 e. The molecule has 160 valence electrons. The van der Waals surface area contributed by atoms with Crippen molar-refractivity contribution < 1.29 is 32.2 Å². The first-order chi connectivity index (χ1) is 13.0. The van der Waals surface area contributed by atoms with Crippen molar-refractivity contribution in [3.8, 4) is 0 Å². The van der Waals surface area contributed by atoms with E-state index in [-0.39, 0.29) is 32.3 Å². The first-order valence-electron chi connectivity index (χ1n) is 9.68. The van der Waals surface area contributed by atoms with E-state index in [4.69, 9.17) is 9.47 Å². The monoisotopic (exact) mass is 407 g/mol. The fourth-order valence-corrected chi connectivity index (χ4v) is 4.32. The van der Waals surface area contributed by atoms with Crippen LogP contribution in [0, 0.1) is 0 Å². The summed E-state index contributed by atoms with van der Waals surface area (Å²) in [4.78, 5) is 29.2. The summed E-state index contributed by atoms with van der Waals surface area (Å²) in [6.07, 6.45) is -3.63. The number of fused-ring (bicyclic) bond motifs is 1. The second kappa shape index (κ2) is 7.70. The molecule has 3 aliphatic rings. The molecule has 3 heterocycles. The number of carbonyl (C=O) groups is 2. The van der Waals surface area contributed by atoms with E-state index in [0.29, 0.717) is 0 Å². The predicted octanol–water partition coefficient (Wildman–Crippen LogP) is 1.86. The number of amides is 2. The third-order valence-electron chi connectivity index (χ3n) is 5.45. The molecule has 7 nitrogen and oxygen atoms in total. The van der Waals surface area contributed by atoms with Crippen LogP contribution < -0.4 is 0 Å². The predicted molar refractivity (Wildman–Crippen MR) is 93.7 cm³/mol. The van der Waals surface area contributed by atoms with Crippen LogP contribution in [0.5, 0.6) is 0 Å². The zero-order valence-electron chi connectivity index (χ0n) is 16.5. The van der Waals surface area contributed by atoms with E-state index in [1.54, 1.807) is 20.8 Å². The average molecular weight is 407 g/mol. The number of likely N-dealkylation sites (tertiary alicyclic amines) is 1. The normalized spacial score (nSPS) is 29.6. The SMILES string of the molecule is CC(C)(C)OC(=O)N1CCN(C(=O)C(F)(F)F)[C@@H]2C(N3CCCC3)COC[C@H]21. The van der Waals surface area contributed by atoms with Crippen molar-refractivity contribution in [3.05, 3.63) is 0 Å². The average Bonchev–Trinajstić information content (AvgIpc) is 3.11. The van der Waals surface area contributed by atoms with Crippen LogP contribution in [0.4, 0.5) is 18.0 Å². The van der Waals surface area contributed by atoms with Crippen LogP contribution in [0.15, 0.2) is 0 Å². The van der Waals surface area contributed by atoms with Crippen molar-refractivity contribution >= 4 is 12.0 Å². The van der Waals surface area contributed by atoms with Gasteiger partial charge in [-0.2, -0.15) is 13.2 Å². The number of halogens is 3. The number of nitrogens with zero attached hydrogens (tertiary/aromatic N) is 3. The summed E-state index contributed by atoms with van der Waals surface area (Å²) < 4.78 is 50.8. The Morgan fingerprint density at radius 1 is 0.929 bits per heavy atom. The number of piperazine rings is 1. The lowest BCUT2D eigenvalue weighted by molar-refractivity contribution is -0.198. The van der Waals surface area contributed by atoms with Gasteiger partial charge in [-0.15, -0.1) is 0 Å². The molecular weight excluding hydrogens is 379 g/mol. The van der Waals surface area contributed by atoms with E-state index in [9.17, 15) is 22.8 Å². The van der Waals surface area contributed by atoms with Gasteiger partial charge in [0.25, 0.3) is 0 Å². The van der Waals surface area contributed by atoms with Gasteiger partial charge >= 0.3 is 18.2 Å². The summed E-state index contributed by atoms with van der Waals surface area (Å²) in [7, 11) is 0. The Labute approximate surface area is 162 Å². The Morgan fingerprint density at radius 2 is 1.50 bits per heavy atom. The molecule has 3 fully saturated rings. The van der Waals surface area contributed by atoms with Gasteiger partial charge in [0.1, 0.15) is 5.60 Å². The van der Waals surface area contributed by atoms with Crippen molar-refractivity contribution in [2.24, 2.45) is 0 Å². The zero-order valence-corrected chi connectivity index (χ0v) is 16.5. The van der Waals surface area contributed by atoms with Crippen LogP contribution in [0.3, 0.4) is 0 Å². The molecule has 0 saturated carbocycles. The molecule has 0 radical (unpaired) electrons. The third kappa shape index (κ3) is 4.37. The lowest BCUT2D eigenvalue weighted by Crippen LogP contribution is -2.73. The summed E-state index contributed by atoms with van der Waals surface area (Å²) in [5.74, 6) is -1.85. The van der Waals surface area contributed by atoms with E-state index in [2.05, 4.69) is 4.90 Å². The lowest BCUT2D eigenvalue weighted by Gasteiger charge is -2.53. The minimum absolute atomic E-state index is 0.0199. The highest BCUT2D eigenvalue weighted by Gasteiger charge is 2.54. The Hall–Kier alpha value is -1.55. The van der Waals surface area contributed by atoms with Crippen molar-refractivity contribution in [1.82, 2.24) is 14.7 Å². The summed E-state index contributed by atoms with van der Waals surface area (Å²) in [6, 6.07) is -1.82. The molecular formula is C18H28F3N3O4. The van der Waals surface area contributed by atoms with Gasteiger partial charge in [0.15, 0.2) is 0 Å². The summed E-state index contributed by atoms with van der Waals surface area (Å²) in [5.41, 5.74) is -0.727. The fourth-order valence-electron chi connectivity index (χ4n) is 4.32. The van der Waals surface area contributed by atoms with E-state index in [1.807, 2.05) is 0 Å². The van der Waals surface area contributed by atoms with E-state index < -0.39 is 35.9 Å². The highest BCUT2D eigenvalue weighted by molar-refractivity contribution is 5.83. The van der Waals surface area contributed by atoms with Gasteiger partial charge < -0.3 is 14.4 Å². The highest BCUT2D eigenvalue weighted by atomic mass is 19.4. The molecule has 0 aromatic heterocycles. The molecule has 3 atom stereocenters. The molecule has 3 saturated heterocycles. The van der Waals surface area contributed by atoms with E-state index >= 15 is 0 Å². The first kappa shape index (κ1) is 21.2. The number of rotatable bonds is 1. The van der Waals surface area contributed by atoms with Crippen LogP contribution >= 0.6 is 0 Å². The first-order valence-corrected chi connectivity index (χ1v) is 9.68. The van der Waals surface area contributed by atoms with Gasteiger partial charge in [0, 0.05) is 13.1 Å².